The number of benzene rings is 1. The van der Waals surface area contributed by atoms with E-state index >= 15 is 0 Å². The van der Waals surface area contributed by atoms with Gasteiger partial charge in [0.25, 0.3) is 0 Å². The maximum absolute atomic E-state index is 12.3. The predicted molar refractivity (Wildman–Crippen MR) is 88.1 cm³/mol. The topological polar surface area (TPSA) is 49.4 Å². The van der Waals surface area contributed by atoms with Gasteiger partial charge in [0, 0.05) is 25.7 Å². The van der Waals surface area contributed by atoms with E-state index < -0.39 is 5.41 Å². The Hall–Kier alpha value is -2.10. The van der Waals surface area contributed by atoms with Crippen molar-refractivity contribution in [1.29, 1.82) is 0 Å². The Morgan fingerprint density at radius 2 is 2.05 bits per heavy atom. The van der Waals surface area contributed by atoms with Crippen LogP contribution in [0, 0.1) is 5.41 Å². The first-order chi connectivity index (χ1) is 10.5. The number of nitrogens with zero attached hydrogens (tertiary/aromatic N) is 1. The third-order valence-corrected chi connectivity index (χ3v) is 4.09. The van der Waals surface area contributed by atoms with E-state index in [1.165, 1.54) is 0 Å². The van der Waals surface area contributed by atoms with Crippen molar-refractivity contribution in [2.45, 2.75) is 26.7 Å². The molecule has 0 bridgehead atoms. The van der Waals surface area contributed by atoms with Gasteiger partial charge in [-0.1, -0.05) is 37.3 Å². The summed E-state index contributed by atoms with van der Waals surface area (Å²) < 4.78 is 0. The molecule has 1 fully saturated rings. The van der Waals surface area contributed by atoms with Crippen LogP contribution in [0.4, 0.5) is 0 Å². The lowest BCUT2D eigenvalue weighted by atomic mass is 9.89. The number of nitrogens with one attached hydrogen (secondary N) is 1. The summed E-state index contributed by atoms with van der Waals surface area (Å²) >= 11 is 0. The zero-order chi connectivity index (χ0) is 16.0. The van der Waals surface area contributed by atoms with Gasteiger partial charge in [-0.25, -0.2) is 0 Å². The SMILES string of the molecule is CCCNC(=O)C1(C)CCN(C(=O)/C=C/c2ccccc2)C1. The van der Waals surface area contributed by atoms with E-state index in [-0.39, 0.29) is 11.8 Å². The van der Waals surface area contributed by atoms with Crippen molar-refractivity contribution < 1.29 is 9.59 Å². The van der Waals surface area contributed by atoms with Crippen LogP contribution in [0.2, 0.25) is 0 Å². The van der Waals surface area contributed by atoms with Crippen molar-refractivity contribution in [3.05, 3.63) is 42.0 Å². The van der Waals surface area contributed by atoms with Crippen molar-refractivity contribution in [2.75, 3.05) is 19.6 Å². The lowest BCUT2D eigenvalue weighted by molar-refractivity contribution is -0.130. The zero-order valence-electron chi connectivity index (χ0n) is 13.3. The second-order valence-electron chi connectivity index (χ2n) is 6.07. The molecule has 1 atom stereocenters. The average molecular weight is 300 g/mol. The molecule has 1 heterocycles. The highest BCUT2D eigenvalue weighted by molar-refractivity contribution is 5.93. The molecule has 2 amide bonds. The summed E-state index contributed by atoms with van der Waals surface area (Å²) in [6.07, 6.45) is 5.04. The second kappa shape index (κ2) is 7.25. The van der Waals surface area contributed by atoms with Gasteiger partial charge < -0.3 is 10.2 Å². The molecule has 0 aromatic heterocycles. The standard InChI is InChI=1S/C18H24N2O2/c1-3-12-19-17(22)18(2)11-13-20(14-18)16(21)10-9-15-7-5-4-6-8-15/h4-10H,3,11-14H2,1-2H3,(H,19,22)/b10-9+. The van der Waals surface area contributed by atoms with Crippen molar-refractivity contribution >= 4 is 17.9 Å². The summed E-state index contributed by atoms with van der Waals surface area (Å²) in [6.45, 7) is 5.78. The predicted octanol–water partition coefficient (Wildman–Crippen LogP) is 2.46. The molecule has 1 aromatic carbocycles. The molecule has 0 spiro atoms. The smallest absolute Gasteiger partial charge is 0.246 e. The lowest BCUT2D eigenvalue weighted by Crippen LogP contribution is -2.41. The van der Waals surface area contributed by atoms with Crippen LogP contribution in [-0.2, 0) is 9.59 Å². The molecule has 0 radical (unpaired) electrons. The number of rotatable bonds is 5. The van der Waals surface area contributed by atoms with Crippen LogP contribution in [0.15, 0.2) is 36.4 Å². The van der Waals surface area contributed by atoms with Crippen molar-refractivity contribution in [2.24, 2.45) is 5.41 Å². The number of hydrogen-bond acceptors (Lipinski definition) is 2. The molecule has 1 saturated heterocycles. The zero-order valence-corrected chi connectivity index (χ0v) is 13.3. The van der Waals surface area contributed by atoms with E-state index in [0.717, 1.165) is 12.0 Å². The molecule has 4 heteroatoms. The highest BCUT2D eigenvalue weighted by Gasteiger charge is 2.41. The fraction of sp³-hybridized carbons (Fsp3) is 0.444. The molecular weight excluding hydrogens is 276 g/mol. The number of hydrogen-bond donors (Lipinski definition) is 1. The molecule has 0 saturated carbocycles. The molecular formula is C18H24N2O2. The highest BCUT2D eigenvalue weighted by atomic mass is 16.2. The molecule has 1 N–H and O–H groups in total. The van der Waals surface area contributed by atoms with Crippen molar-refractivity contribution in [3.8, 4) is 0 Å². The van der Waals surface area contributed by atoms with Crippen LogP contribution < -0.4 is 5.32 Å². The third-order valence-electron chi connectivity index (χ3n) is 4.09. The van der Waals surface area contributed by atoms with Gasteiger partial charge in [-0.3, -0.25) is 9.59 Å². The van der Waals surface area contributed by atoms with E-state index in [2.05, 4.69) is 5.32 Å². The van der Waals surface area contributed by atoms with Gasteiger partial charge in [-0.2, -0.15) is 0 Å². The minimum absolute atomic E-state index is 0.0316. The highest BCUT2D eigenvalue weighted by Crippen LogP contribution is 2.30. The lowest BCUT2D eigenvalue weighted by Gasteiger charge is -2.23. The number of likely N-dealkylation sites (tertiary alicyclic amines) is 1. The van der Waals surface area contributed by atoms with Gasteiger partial charge in [-0.15, -0.1) is 0 Å². The fourth-order valence-corrected chi connectivity index (χ4v) is 2.62. The molecule has 4 nitrogen and oxygen atoms in total. The van der Waals surface area contributed by atoms with Gasteiger partial charge in [0.05, 0.1) is 5.41 Å². The minimum atomic E-state index is -0.467. The van der Waals surface area contributed by atoms with Crippen LogP contribution in [0.25, 0.3) is 6.08 Å². The largest absolute Gasteiger partial charge is 0.356 e. The summed E-state index contributed by atoms with van der Waals surface area (Å²) in [7, 11) is 0. The minimum Gasteiger partial charge on any atom is -0.356 e. The Labute approximate surface area is 132 Å². The van der Waals surface area contributed by atoms with E-state index in [9.17, 15) is 9.59 Å². The van der Waals surface area contributed by atoms with Crippen LogP contribution >= 0.6 is 0 Å². The summed E-state index contributed by atoms with van der Waals surface area (Å²) in [5, 5.41) is 2.94. The number of carbonyl (C=O) groups excluding carboxylic acids is 2. The monoisotopic (exact) mass is 300 g/mol. The van der Waals surface area contributed by atoms with E-state index in [1.54, 1.807) is 11.0 Å². The summed E-state index contributed by atoms with van der Waals surface area (Å²) in [5.41, 5.74) is 0.532. The van der Waals surface area contributed by atoms with Gasteiger partial charge in [0.2, 0.25) is 11.8 Å². The second-order valence-corrected chi connectivity index (χ2v) is 6.07. The van der Waals surface area contributed by atoms with Gasteiger partial charge in [0.1, 0.15) is 0 Å². The van der Waals surface area contributed by atoms with Gasteiger partial charge in [0.15, 0.2) is 0 Å². The molecule has 1 unspecified atom stereocenters. The van der Waals surface area contributed by atoms with E-state index in [0.29, 0.717) is 26.1 Å². The van der Waals surface area contributed by atoms with Crippen molar-refractivity contribution in [1.82, 2.24) is 10.2 Å². The van der Waals surface area contributed by atoms with Gasteiger partial charge in [-0.05, 0) is 31.4 Å². The summed E-state index contributed by atoms with van der Waals surface area (Å²) in [5.74, 6) is 0.0209. The fourth-order valence-electron chi connectivity index (χ4n) is 2.62. The average Bonchev–Trinajstić information content (AvgIpc) is 2.95. The molecule has 0 aliphatic carbocycles. The molecule has 118 valence electrons. The first kappa shape index (κ1) is 16.3. The van der Waals surface area contributed by atoms with Crippen LogP contribution in [-0.4, -0.2) is 36.3 Å². The quantitative estimate of drug-likeness (QED) is 0.849. The Balaban J connectivity index is 1.93. The van der Waals surface area contributed by atoms with Gasteiger partial charge >= 0.3 is 0 Å². The van der Waals surface area contributed by atoms with E-state index in [4.69, 9.17) is 0 Å². The molecule has 1 aliphatic rings. The van der Waals surface area contributed by atoms with Crippen LogP contribution in [0.1, 0.15) is 32.3 Å². The number of carbonyl (C=O) groups is 2. The third kappa shape index (κ3) is 3.97. The van der Waals surface area contributed by atoms with Crippen molar-refractivity contribution in [3.63, 3.8) is 0 Å². The molecule has 1 aromatic rings. The normalized spacial score (nSPS) is 21.3. The Bertz CT molecular complexity index is 553. The first-order valence-electron chi connectivity index (χ1n) is 7.85. The molecule has 2 rings (SSSR count). The molecule has 22 heavy (non-hydrogen) atoms. The number of amides is 2. The molecule has 1 aliphatic heterocycles. The Morgan fingerprint density at radius 3 is 2.73 bits per heavy atom. The maximum atomic E-state index is 12.3. The summed E-state index contributed by atoms with van der Waals surface area (Å²) in [4.78, 5) is 26.2. The first-order valence-corrected chi connectivity index (χ1v) is 7.85. The maximum Gasteiger partial charge on any atom is 0.246 e. The van der Waals surface area contributed by atoms with E-state index in [1.807, 2.05) is 50.3 Å². The Kier molecular flexibility index (Phi) is 5.36. The van der Waals surface area contributed by atoms with Crippen LogP contribution in [0.5, 0.6) is 0 Å². The Morgan fingerprint density at radius 1 is 1.32 bits per heavy atom. The van der Waals surface area contributed by atoms with Crippen LogP contribution in [0.3, 0.4) is 0 Å². The summed E-state index contributed by atoms with van der Waals surface area (Å²) in [6, 6.07) is 9.73.